The zero-order valence-electron chi connectivity index (χ0n) is 14.6. The third-order valence-corrected chi connectivity index (χ3v) is 5.06. The molecule has 2 aromatic heterocycles. The van der Waals surface area contributed by atoms with Gasteiger partial charge in [-0.05, 0) is 12.5 Å². The summed E-state index contributed by atoms with van der Waals surface area (Å²) < 4.78 is 15.8. The van der Waals surface area contributed by atoms with Gasteiger partial charge in [0.1, 0.15) is 4.83 Å². The maximum Gasteiger partial charge on any atom is 0.266 e. The summed E-state index contributed by atoms with van der Waals surface area (Å²) in [5.41, 5.74) is 0.795. The molecule has 2 N–H and O–H groups in total. The van der Waals surface area contributed by atoms with Crippen LogP contribution in [0.25, 0.3) is 10.2 Å². The summed E-state index contributed by atoms with van der Waals surface area (Å²) in [4.78, 5) is 32.2. The number of rotatable bonds is 5. The number of thiophene rings is 1. The van der Waals surface area contributed by atoms with Gasteiger partial charge in [-0.25, -0.2) is 4.98 Å². The monoisotopic (exact) mass is 375 g/mol. The number of fused-ring (bicyclic) bond motifs is 1. The van der Waals surface area contributed by atoms with Gasteiger partial charge in [0.25, 0.3) is 11.5 Å². The molecule has 1 amide bonds. The maximum absolute atomic E-state index is 12.7. The van der Waals surface area contributed by atoms with Crippen molar-refractivity contribution in [2.45, 2.75) is 6.92 Å². The highest BCUT2D eigenvalue weighted by molar-refractivity contribution is 7.20. The predicted octanol–water partition coefficient (Wildman–Crippen LogP) is 2.57. The number of H-pyrrole nitrogens is 1. The number of aromatic nitrogens is 2. The van der Waals surface area contributed by atoms with Crippen molar-refractivity contribution >= 4 is 33.1 Å². The summed E-state index contributed by atoms with van der Waals surface area (Å²) in [6.07, 6.45) is 1.32. The number of carbonyl (C=O) groups is 1. The Bertz CT molecular complexity index is 1020. The largest absolute Gasteiger partial charge is 0.493 e. The van der Waals surface area contributed by atoms with E-state index < -0.39 is 0 Å². The number of amides is 1. The van der Waals surface area contributed by atoms with Gasteiger partial charge in [0.2, 0.25) is 5.75 Å². The fourth-order valence-electron chi connectivity index (χ4n) is 2.64. The van der Waals surface area contributed by atoms with E-state index >= 15 is 0 Å². The van der Waals surface area contributed by atoms with Gasteiger partial charge < -0.3 is 24.5 Å². The van der Waals surface area contributed by atoms with Crippen LogP contribution >= 0.6 is 11.3 Å². The Morgan fingerprint density at radius 3 is 2.35 bits per heavy atom. The topological polar surface area (TPSA) is 103 Å². The fraction of sp³-hybridized carbons (Fsp3) is 0.235. The van der Waals surface area contributed by atoms with Gasteiger partial charge >= 0.3 is 0 Å². The lowest BCUT2D eigenvalue weighted by molar-refractivity contribution is 0.103. The van der Waals surface area contributed by atoms with Gasteiger partial charge in [-0.2, -0.15) is 0 Å². The minimum Gasteiger partial charge on any atom is -0.493 e. The standard InChI is InChI=1S/C17H17N3O5S/c1-8-12-15(21)18-7-19-17(12)26-14(8)16(22)20-9-5-10(23-2)13(25-4)11(6-9)24-3/h5-7H,1-4H3,(H,20,22)(H,18,19,21). The van der Waals surface area contributed by atoms with Crippen molar-refractivity contribution in [3.05, 3.63) is 39.3 Å². The number of carbonyl (C=O) groups excluding carboxylic acids is 1. The number of aromatic amines is 1. The van der Waals surface area contributed by atoms with Crippen LogP contribution in [0.2, 0.25) is 0 Å². The van der Waals surface area contributed by atoms with E-state index in [1.165, 1.54) is 27.7 Å². The molecular weight excluding hydrogens is 358 g/mol. The van der Waals surface area contributed by atoms with E-state index in [-0.39, 0.29) is 11.5 Å². The molecule has 0 unspecified atom stereocenters. The van der Waals surface area contributed by atoms with Gasteiger partial charge in [-0.1, -0.05) is 0 Å². The van der Waals surface area contributed by atoms with Crippen LogP contribution in [0.3, 0.4) is 0 Å². The number of hydrogen-bond donors (Lipinski definition) is 2. The molecule has 9 heteroatoms. The Morgan fingerprint density at radius 2 is 1.81 bits per heavy atom. The van der Waals surface area contributed by atoms with Crippen LogP contribution in [-0.4, -0.2) is 37.2 Å². The van der Waals surface area contributed by atoms with Gasteiger partial charge in [-0.3, -0.25) is 9.59 Å². The molecular formula is C17H17N3O5S. The molecule has 1 aromatic carbocycles. The second kappa shape index (κ2) is 7.04. The molecule has 0 bridgehead atoms. The normalized spacial score (nSPS) is 10.6. The SMILES string of the molecule is COc1cc(NC(=O)c2sc3nc[nH]c(=O)c3c2C)cc(OC)c1OC. The number of anilines is 1. The lowest BCUT2D eigenvalue weighted by Crippen LogP contribution is -2.12. The molecule has 0 aliphatic carbocycles. The van der Waals surface area contributed by atoms with E-state index in [0.717, 1.165) is 11.3 Å². The quantitative estimate of drug-likeness (QED) is 0.711. The maximum atomic E-state index is 12.7. The van der Waals surface area contributed by atoms with E-state index in [4.69, 9.17) is 14.2 Å². The lowest BCUT2D eigenvalue weighted by atomic mass is 10.2. The van der Waals surface area contributed by atoms with Crippen molar-refractivity contribution in [1.29, 1.82) is 0 Å². The molecule has 0 aliphatic rings. The fourth-order valence-corrected chi connectivity index (χ4v) is 3.68. The molecule has 0 radical (unpaired) electrons. The third-order valence-electron chi connectivity index (χ3n) is 3.86. The van der Waals surface area contributed by atoms with E-state index in [1.54, 1.807) is 19.1 Å². The summed E-state index contributed by atoms with van der Waals surface area (Å²) in [6.45, 7) is 1.72. The van der Waals surface area contributed by atoms with Crippen LogP contribution in [0, 0.1) is 6.92 Å². The molecule has 3 aromatic rings. The van der Waals surface area contributed by atoms with Crippen molar-refractivity contribution in [2.24, 2.45) is 0 Å². The minimum atomic E-state index is -0.348. The predicted molar refractivity (Wildman–Crippen MR) is 99.0 cm³/mol. The zero-order valence-corrected chi connectivity index (χ0v) is 15.4. The van der Waals surface area contributed by atoms with Crippen molar-refractivity contribution in [2.75, 3.05) is 26.6 Å². The van der Waals surface area contributed by atoms with E-state index in [1.807, 2.05) is 0 Å². The Labute approximate surface area is 152 Å². The summed E-state index contributed by atoms with van der Waals surface area (Å²) in [5, 5.41) is 3.22. The summed E-state index contributed by atoms with van der Waals surface area (Å²) >= 11 is 1.16. The smallest absolute Gasteiger partial charge is 0.266 e. The molecule has 0 spiro atoms. The molecule has 8 nitrogen and oxygen atoms in total. The second-order valence-electron chi connectivity index (χ2n) is 5.34. The van der Waals surface area contributed by atoms with Crippen LogP contribution in [-0.2, 0) is 0 Å². The number of nitrogens with one attached hydrogen (secondary N) is 2. The molecule has 3 rings (SSSR count). The molecule has 0 saturated heterocycles. The molecule has 0 fully saturated rings. The number of ether oxygens (including phenoxy) is 3. The molecule has 0 aliphatic heterocycles. The van der Waals surface area contributed by atoms with Gasteiger partial charge in [0, 0.05) is 17.8 Å². The van der Waals surface area contributed by atoms with Crippen LogP contribution in [0.15, 0.2) is 23.3 Å². The van der Waals surface area contributed by atoms with Crippen molar-refractivity contribution in [3.8, 4) is 17.2 Å². The molecule has 0 atom stereocenters. The van der Waals surface area contributed by atoms with Gasteiger partial charge in [-0.15, -0.1) is 11.3 Å². The molecule has 136 valence electrons. The number of aryl methyl sites for hydroxylation is 1. The van der Waals surface area contributed by atoms with Crippen LogP contribution in [0.1, 0.15) is 15.2 Å². The Morgan fingerprint density at radius 1 is 1.15 bits per heavy atom. The number of hydrogen-bond acceptors (Lipinski definition) is 7. The molecule has 0 saturated carbocycles. The molecule has 2 heterocycles. The highest BCUT2D eigenvalue weighted by Crippen LogP contribution is 2.40. The lowest BCUT2D eigenvalue weighted by Gasteiger charge is -2.14. The van der Waals surface area contributed by atoms with Crippen molar-refractivity contribution < 1.29 is 19.0 Å². The average molecular weight is 375 g/mol. The first kappa shape index (κ1) is 17.7. The third kappa shape index (κ3) is 2.97. The first-order valence-electron chi connectivity index (χ1n) is 7.58. The van der Waals surface area contributed by atoms with E-state index in [0.29, 0.717) is 43.6 Å². The Kier molecular flexibility index (Phi) is 4.81. The number of benzene rings is 1. The van der Waals surface area contributed by atoms with Gasteiger partial charge in [0.15, 0.2) is 11.5 Å². The van der Waals surface area contributed by atoms with Crippen molar-refractivity contribution in [1.82, 2.24) is 9.97 Å². The number of methoxy groups -OCH3 is 3. The summed E-state index contributed by atoms with van der Waals surface area (Å²) in [5.74, 6) is 0.933. The van der Waals surface area contributed by atoms with Crippen molar-refractivity contribution in [3.63, 3.8) is 0 Å². The zero-order chi connectivity index (χ0) is 18.8. The second-order valence-corrected chi connectivity index (χ2v) is 6.34. The van der Waals surface area contributed by atoms with Crippen LogP contribution < -0.4 is 25.1 Å². The number of nitrogens with zero attached hydrogens (tertiary/aromatic N) is 1. The van der Waals surface area contributed by atoms with Crippen LogP contribution in [0.4, 0.5) is 5.69 Å². The Hall–Kier alpha value is -3.07. The average Bonchev–Trinajstić information content (AvgIpc) is 2.98. The first-order valence-corrected chi connectivity index (χ1v) is 8.40. The minimum absolute atomic E-state index is 0.268. The van der Waals surface area contributed by atoms with E-state index in [9.17, 15) is 9.59 Å². The Balaban J connectivity index is 2.00. The molecule has 26 heavy (non-hydrogen) atoms. The van der Waals surface area contributed by atoms with Crippen LogP contribution in [0.5, 0.6) is 17.2 Å². The van der Waals surface area contributed by atoms with E-state index in [2.05, 4.69) is 15.3 Å². The highest BCUT2D eigenvalue weighted by atomic mass is 32.1. The summed E-state index contributed by atoms with van der Waals surface area (Å²) in [6, 6.07) is 3.26. The summed E-state index contributed by atoms with van der Waals surface area (Å²) in [7, 11) is 4.50. The van der Waals surface area contributed by atoms with Gasteiger partial charge in [0.05, 0.1) is 37.9 Å². The first-order chi connectivity index (χ1) is 12.5. The highest BCUT2D eigenvalue weighted by Gasteiger charge is 2.20.